The van der Waals surface area contributed by atoms with Crippen LogP contribution >= 0.6 is 24.2 Å². The molecule has 2 saturated carbocycles. The van der Waals surface area contributed by atoms with Gasteiger partial charge in [0, 0.05) is 11.3 Å². The standard InChI is InChI=1S/C12H22N2OS.ClH/c1-2-16-10-5-3-4-9(8-10)14-11(15)12(13)6-7-12;/h9-10H,2-8,13H2,1H3,(H,14,15);1H. The lowest BCUT2D eigenvalue weighted by Crippen LogP contribution is -2.48. The Hall–Kier alpha value is 0.0700. The summed E-state index contributed by atoms with van der Waals surface area (Å²) in [6, 6.07) is 0.367. The van der Waals surface area contributed by atoms with E-state index in [2.05, 4.69) is 12.2 Å². The van der Waals surface area contributed by atoms with E-state index in [1.165, 1.54) is 18.6 Å². The molecule has 0 aliphatic heterocycles. The summed E-state index contributed by atoms with van der Waals surface area (Å²) in [7, 11) is 0. The molecule has 5 heteroatoms. The molecule has 3 nitrogen and oxygen atoms in total. The summed E-state index contributed by atoms with van der Waals surface area (Å²) >= 11 is 2.02. The van der Waals surface area contributed by atoms with Crippen LogP contribution in [0.5, 0.6) is 0 Å². The smallest absolute Gasteiger partial charge is 0.240 e. The second-order valence-electron chi connectivity index (χ2n) is 5.07. The lowest BCUT2D eigenvalue weighted by Gasteiger charge is -2.30. The predicted octanol–water partition coefficient (Wildman–Crippen LogP) is 2.08. The fourth-order valence-electron chi connectivity index (χ4n) is 2.35. The van der Waals surface area contributed by atoms with Crippen molar-refractivity contribution in [1.29, 1.82) is 0 Å². The molecule has 2 aliphatic carbocycles. The van der Waals surface area contributed by atoms with E-state index < -0.39 is 5.54 Å². The van der Waals surface area contributed by atoms with Crippen LogP contribution in [0.25, 0.3) is 0 Å². The molecule has 0 spiro atoms. The van der Waals surface area contributed by atoms with Crippen LogP contribution in [0, 0.1) is 0 Å². The summed E-state index contributed by atoms with van der Waals surface area (Å²) < 4.78 is 0. The highest BCUT2D eigenvalue weighted by Crippen LogP contribution is 2.33. The Labute approximate surface area is 114 Å². The molecule has 0 bridgehead atoms. The van der Waals surface area contributed by atoms with Gasteiger partial charge in [-0.15, -0.1) is 12.4 Å². The zero-order valence-corrected chi connectivity index (χ0v) is 12.0. The number of amides is 1. The highest BCUT2D eigenvalue weighted by Gasteiger charge is 2.46. The minimum absolute atomic E-state index is 0. The average molecular weight is 279 g/mol. The highest BCUT2D eigenvalue weighted by molar-refractivity contribution is 7.99. The summed E-state index contributed by atoms with van der Waals surface area (Å²) in [5.41, 5.74) is 5.37. The monoisotopic (exact) mass is 278 g/mol. The molecule has 0 aromatic heterocycles. The van der Waals surface area contributed by atoms with Crippen molar-refractivity contribution < 1.29 is 4.79 Å². The van der Waals surface area contributed by atoms with Crippen LogP contribution in [-0.2, 0) is 4.79 Å². The minimum atomic E-state index is -0.509. The summed E-state index contributed by atoms with van der Waals surface area (Å²) in [6.07, 6.45) is 6.51. The SMILES string of the molecule is CCSC1CCCC(NC(=O)C2(N)CC2)C1.Cl. The molecule has 0 aromatic rings. The number of halogens is 1. The number of nitrogens with one attached hydrogen (secondary N) is 1. The van der Waals surface area contributed by atoms with E-state index in [1.54, 1.807) is 0 Å². The fourth-order valence-corrected chi connectivity index (χ4v) is 3.53. The van der Waals surface area contributed by atoms with Crippen LogP contribution in [0.2, 0.25) is 0 Å². The van der Waals surface area contributed by atoms with Gasteiger partial charge in [-0.1, -0.05) is 13.3 Å². The topological polar surface area (TPSA) is 55.1 Å². The maximum Gasteiger partial charge on any atom is 0.240 e. The lowest BCUT2D eigenvalue weighted by molar-refractivity contribution is -0.124. The molecule has 3 N–H and O–H groups in total. The van der Waals surface area contributed by atoms with Crippen LogP contribution < -0.4 is 11.1 Å². The van der Waals surface area contributed by atoms with Crippen LogP contribution in [0.15, 0.2) is 0 Å². The first-order valence-electron chi connectivity index (χ1n) is 6.35. The Bertz CT molecular complexity index is 269. The molecule has 1 amide bonds. The van der Waals surface area contributed by atoms with E-state index in [-0.39, 0.29) is 18.3 Å². The van der Waals surface area contributed by atoms with Crippen LogP contribution in [-0.4, -0.2) is 28.5 Å². The van der Waals surface area contributed by atoms with Crippen LogP contribution in [0.3, 0.4) is 0 Å². The van der Waals surface area contributed by atoms with Gasteiger partial charge in [0.2, 0.25) is 5.91 Å². The van der Waals surface area contributed by atoms with E-state index in [1.807, 2.05) is 11.8 Å². The Balaban J connectivity index is 0.00000144. The normalized spacial score (nSPS) is 30.2. The summed E-state index contributed by atoms with van der Waals surface area (Å²) in [6.45, 7) is 2.20. The average Bonchev–Trinajstić information content (AvgIpc) is 2.99. The Morgan fingerprint density at radius 3 is 2.76 bits per heavy atom. The van der Waals surface area contributed by atoms with Gasteiger partial charge in [-0.3, -0.25) is 4.79 Å². The Morgan fingerprint density at radius 1 is 1.47 bits per heavy atom. The third kappa shape index (κ3) is 4.04. The molecule has 0 aromatic carbocycles. The highest BCUT2D eigenvalue weighted by atomic mass is 35.5. The minimum Gasteiger partial charge on any atom is -0.352 e. The van der Waals surface area contributed by atoms with Crippen molar-refractivity contribution in [2.45, 2.75) is 62.3 Å². The molecule has 2 rings (SSSR count). The number of carbonyl (C=O) groups excluding carboxylic acids is 1. The third-order valence-corrected chi connectivity index (χ3v) is 4.84. The molecule has 2 unspecified atom stereocenters. The van der Waals surface area contributed by atoms with Gasteiger partial charge < -0.3 is 11.1 Å². The van der Waals surface area contributed by atoms with E-state index in [0.717, 1.165) is 30.9 Å². The molecule has 0 heterocycles. The van der Waals surface area contributed by atoms with Gasteiger partial charge >= 0.3 is 0 Å². The summed E-state index contributed by atoms with van der Waals surface area (Å²) in [4.78, 5) is 11.8. The van der Waals surface area contributed by atoms with Crippen molar-refractivity contribution in [2.24, 2.45) is 5.73 Å². The van der Waals surface area contributed by atoms with Gasteiger partial charge in [-0.2, -0.15) is 11.8 Å². The van der Waals surface area contributed by atoms with Crippen molar-refractivity contribution in [3.8, 4) is 0 Å². The van der Waals surface area contributed by atoms with Gasteiger partial charge in [0.25, 0.3) is 0 Å². The molecule has 100 valence electrons. The summed E-state index contributed by atoms with van der Waals surface area (Å²) in [5.74, 6) is 1.26. The van der Waals surface area contributed by atoms with Gasteiger partial charge in [-0.05, 0) is 37.9 Å². The number of nitrogens with two attached hydrogens (primary N) is 1. The van der Waals surface area contributed by atoms with E-state index >= 15 is 0 Å². The number of hydrogen-bond acceptors (Lipinski definition) is 3. The van der Waals surface area contributed by atoms with Crippen LogP contribution in [0.4, 0.5) is 0 Å². The fraction of sp³-hybridized carbons (Fsp3) is 0.917. The molecule has 2 aliphatic rings. The van der Waals surface area contributed by atoms with Crippen molar-refractivity contribution in [2.75, 3.05) is 5.75 Å². The lowest BCUT2D eigenvalue weighted by atomic mass is 9.94. The van der Waals surface area contributed by atoms with Crippen LogP contribution in [0.1, 0.15) is 45.4 Å². The van der Waals surface area contributed by atoms with Crippen molar-refractivity contribution in [3.63, 3.8) is 0 Å². The van der Waals surface area contributed by atoms with Crippen molar-refractivity contribution in [3.05, 3.63) is 0 Å². The number of rotatable bonds is 4. The Morgan fingerprint density at radius 2 is 2.18 bits per heavy atom. The second kappa shape index (κ2) is 6.30. The quantitative estimate of drug-likeness (QED) is 0.828. The molecular weight excluding hydrogens is 256 g/mol. The first kappa shape index (κ1) is 15.1. The number of thioether (sulfide) groups is 1. The number of hydrogen-bond donors (Lipinski definition) is 2. The summed E-state index contributed by atoms with van der Waals surface area (Å²) in [5, 5.41) is 3.87. The molecule has 0 radical (unpaired) electrons. The Kier molecular flexibility index (Phi) is 5.61. The zero-order valence-electron chi connectivity index (χ0n) is 10.4. The van der Waals surface area contributed by atoms with Gasteiger partial charge in [0.1, 0.15) is 0 Å². The third-order valence-electron chi connectivity index (χ3n) is 3.60. The first-order valence-corrected chi connectivity index (χ1v) is 7.40. The van der Waals surface area contributed by atoms with Crippen molar-refractivity contribution >= 4 is 30.1 Å². The first-order chi connectivity index (χ1) is 7.64. The van der Waals surface area contributed by atoms with Crippen molar-refractivity contribution in [1.82, 2.24) is 5.32 Å². The number of carbonyl (C=O) groups is 1. The molecule has 2 fully saturated rings. The van der Waals surface area contributed by atoms with E-state index in [4.69, 9.17) is 5.73 Å². The van der Waals surface area contributed by atoms with Gasteiger partial charge in [0.15, 0.2) is 0 Å². The molecule has 17 heavy (non-hydrogen) atoms. The zero-order chi connectivity index (χ0) is 11.6. The molecule has 0 saturated heterocycles. The molecule has 2 atom stereocenters. The predicted molar refractivity (Wildman–Crippen MR) is 75.7 cm³/mol. The maximum absolute atomic E-state index is 11.8. The molecular formula is C12H23ClN2OS. The largest absolute Gasteiger partial charge is 0.352 e. The van der Waals surface area contributed by atoms with Gasteiger partial charge in [0.05, 0.1) is 5.54 Å². The van der Waals surface area contributed by atoms with E-state index in [0.29, 0.717) is 6.04 Å². The van der Waals surface area contributed by atoms with Gasteiger partial charge in [-0.25, -0.2) is 0 Å². The second-order valence-corrected chi connectivity index (χ2v) is 6.65. The van der Waals surface area contributed by atoms with E-state index in [9.17, 15) is 4.79 Å². The maximum atomic E-state index is 11.8.